The van der Waals surface area contributed by atoms with Gasteiger partial charge in [-0.05, 0) is 66.8 Å². The Bertz CT molecular complexity index is 1510. The van der Waals surface area contributed by atoms with Crippen molar-refractivity contribution in [3.63, 3.8) is 0 Å². The third-order valence-corrected chi connectivity index (χ3v) is 8.28. The Morgan fingerprint density at radius 1 is 1.19 bits per heavy atom. The zero-order chi connectivity index (χ0) is 26.0. The molecule has 2 aromatic carbocycles. The molecular weight excluding hydrogens is 516 g/mol. The van der Waals surface area contributed by atoms with Crippen LogP contribution in [0.25, 0.3) is 11.0 Å². The number of halogens is 1. The van der Waals surface area contributed by atoms with Crippen molar-refractivity contribution >= 4 is 44.2 Å². The van der Waals surface area contributed by atoms with Crippen LogP contribution in [0.2, 0.25) is 5.28 Å². The Hall–Kier alpha value is -3.41. The maximum Gasteiger partial charge on any atom is 0.264 e. The van der Waals surface area contributed by atoms with E-state index in [1.165, 1.54) is 11.4 Å². The fourth-order valence-electron chi connectivity index (χ4n) is 4.36. The van der Waals surface area contributed by atoms with Gasteiger partial charge in [0.15, 0.2) is 11.9 Å². The van der Waals surface area contributed by atoms with Crippen molar-refractivity contribution in [1.29, 1.82) is 0 Å². The first-order valence-corrected chi connectivity index (χ1v) is 13.7. The molecule has 1 aliphatic heterocycles. The number of rotatable bonds is 8. The van der Waals surface area contributed by atoms with Crippen molar-refractivity contribution in [3.8, 4) is 5.75 Å². The molecule has 1 aliphatic rings. The molecule has 1 unspecified atom stereocenters. The van der Waals surface area contributed by atoms with Gasteiger partial charge in [0.25, 0.3) is 10.0 Å². The van der Waals surface area contributed by atoms with Crippen LogP contribution < -0.4 is 14.4 Å². The molecule has 0 bridgehead atoms. The Balaban J connectivity index is 1.47. The number of anilines is 2. The molecule has 0 saturated carbocycles. The predicted molar refractivity (Wildman–Crippen MR) is 142 cm³/mol. The smallest absolute Gasteiger partial charge is 0.264 e. The highest BCUT2D eigenvalue weighted by atomic mass is 35.5. The lowest BCUT2D eigenvalue weighted by Gasteiger charge is -2.23. The largest absolute Gasteiger partial charge is 0.497 e. The average molecular weight is 543 g/mol. The molecule has 4 aromatic rings. The highest BCUT2D eigenvalue weighted by Gasteiger charge is 2.24. The van der Waals surface area contributed by atoms with E-state index in [1.807, 2.05) is 0 Å². The molecule has 1 atom stereocenters. The summed E-state index contributed by atoms with van der Waals surface area (Å²) in [6.45, 7) is 0.919. The maximum atomic E-state index is 13.3. The standard InChI is InChI=1S/C25H27ClN6O4S/c1-31(37(33,34)19-8-4-3-5-9-19)21-12-11-18(35-2)14-17(21)15-27-23-20-16-28-32(22-10-6-7-13-36-22)24(20)30-25(26)29-23/h3-5,8-9,11-12,14,16,22H,6-7,10,13,15H2,1-2H3,(H,27,29,30). The number of ether oxygens (including phenoxy) is 2. The van der Waals surface area contributed by atoms with Gasteiger partial charge in [0.05, 0.1) is 29.3 Å². The third-order valence-electron chi connectivity index (χ3n) is 6.33. The first-order chi connectivity index (χ1) is 17.9. The number of sulfonamides is 1. The van der Waals surface area contributed by atoms with E-state index in [0.717, 1.165) is 19.3 Å². The van der Waals surface area contributed by atoms with Crippen LogP contribution in [0.15, 0.2) is 59.6 Å². The van der Waals surface area contributed by atoms with Crippen LogP contribution in [0.3, 0.4) is 0 Å². The molecule has 1 N–H and O–H groups in total. The lowest BCUT2D eigenvalue weighted by molar-refractivity contribution is -0.0370. The maximum absolute atomic E-state index is 13.3. The van der Waals surface area contributed by atoms with E-state index in [4.69, 9.17) is 21.1 Å². The number of benzene rings is 2. The fraction of sp³-hybridized carbons (Fsp3) is 0.320. The van der Waals surface area contributed by atoms with Gasteiger partial charge in [0.2, 0.25) is 5.28 Å². The minimum Gasteiger partial charge on any atom is -0.497 e. The van der Waals surface area contributed by atoms with Crippen LogP contribution in [0, 0.1) is 0 Å². The summed E-state index contributed by atoms with van der Waals surface area (Å²) in [5, 5.41) is 8.55. The van der Waals surface area contributed by atoms with Crippen molar-refractivity contribution < 1.29 is 17.9 Å². The van der Waals surface area contributed by atoms with Crippen molar-refractivity contribution in [1.82, 2.24) is 19.7 Å². The van der Waals surface area contributed by atoms with E-state index in [-0.39, 0.29) is 23.0 Å². The molecule has 0 radical (unpaired) electrons. The summed E-state index contributed by atoms with van der Waals surface area (Å²) in [6.07, 6.45) is 4.40. The van der Waals surface area contributed by atoms with Crippen LogP contribution in [0.5, 0.6) is 5.75 Å². The second kappa shape index (κ2) is 10.5. The van der Waals surface area contributed by atoms with E-state index in [1.54, 1.807) is 66.5 Å². The molecule has 37 heavy (non-hydrogen) atoms. The number of fused-ring (bicyclic) bond motifs is 1. The molecule has 10 nitrogen and oxygen atoms in total. The van der Waals surface area contributed by atoms with Crippen molar-refractivity contribution in [3.05, 3.63) is 65.6 Å². The number of aromatic nitrogens is 4. The van der Waals surface area contributed by atoms with Crippen LogP contribution in [0.1, 0.15) is 31.1 Å². The molecule has 0 aliphatic carbocycles. The first-order valence-electron chi connectivity index (χ1n) is 11.9. The van der Waals surface area contributed by atoms with Gasteiger partial charge >= 0.3 is 0 Å². The number of nitrogens with one attached hydrogen (secondary N) is 1. The normalized spacial score (nSPS) is 16.0. The van der Waals surface area contributed by atoms with Gasteiger partial charge < -0.3 is 14.8 Å². The van der Waals surface area contributed by atoms with Crippen LogP contribution in [-0.4, -0.2) is 48.9 Å². The SMILES string of the molecule is COc1ccc(N(C)S(=O)(=O)c2ccccc2)c(CNc2nc(Cl)nc3c2cnn3C2CCCCO2)c1. The minimum absolute atomic E-state index is 0.0715. The van der Waals surface area contributed by atoms with Gasteiger partial charge in [-0.2, -0.15) is 15.1 Å². The molecule has 1 saturated heterocycles. The second-order valence-corrected chi connectivity index (χ2v) is 10.9. The summed E-state index contributed by atoms with van der Waals surface area (Å²) in [5.74, 6) is 1.08. The zero-order valence-corrected chi connectivity index (χ0v) is 22.0. The topological polar surface area (TPSA) is 111 Å². The van der Waals surface area contributed by atoms with Crippen LogP contribution >= 0.6 is 11.6 Å². The lowest BCUT2D eigenvalue weighted by atomic mass is 10.1. The van der Waals surface area contributed by atoms with E-state index in [9.17, 15) is 8.42 Å². The third kappa shape index (κ3) is 5.07. The zero-order valence-electron chi connectivity index (χ0n) is 20.5. The summed E-state index contributed by atoms with van der Waals surface area (Å²) in [5.41, 5.74) is 1.76. The molecule has 0 spiro atoms. The van der Waals surface area contributed by atoms with E-state index in [2.05, 4.69) is 20.4 Å². The van der Waals surface area contributed by atoms with Gasteiger partial charge in [0.1, 0.15) is 11.6 Å². The van der Waals surface area contributed by atoms with E-state index < -0.39 is 10.0 Å². The molecule has 5 rings (SSSR count). The van der Waals surface area contributed by atoms with Gasteiger partial charge in [-0.15, -0.1) is 0 Å². The summed E-state index contributed by atoms with van der Waals surface area (Å²) >= 11 is 6.28. The van der Waals surface area contributed by atoms with Gasteiger partial charge in [-0.3, -0.25) is 4.31 Å². The molecule has 194 valence electrons. The second-order valence-electron chi connectivity index (χ2n) is 8.62. The molecule has 0 amide bonds. The van der Waals surface area contributed by atoms with Crippen LogP contribution in [-0.2, 0) is 21.3 Å². The van der Waals surface area contributed by atoms with Crippen molar-refractivity contribution in [2.75, 3.05) is 30.4 Å². The number of methoxy groups -OCH3 is 1. The number of nitrogens with zero attached hydrogens (tertiary/aromatic N) is 5. The average Bonchev–Trinajstić information content (AvgIpc) is 3.36. The molecule has 3 heterocycles. The van der Waals surface area contributed by atoms with Gasteiger partial charge in [-0.1, -0.05) is 18.2 Å². The first kappa shape index (κ1) is 25.2. The fourth-order valence-corrected chi connectivity index (χ4v) is 5.78. The minimum atomic E-state index is -3.78. The van der Waals surface area contributed by atoms with Crippen molar-refractivity contribution in [2.24, 2.45) is 0 Å². The quantitative estimate of drug-likeness (QED) is 0.321. The van der Waals surface area contributed by atoms with Gasteiger partial charge in [0, 0.05) is 20.2 Å². The summed E-state index contributed by atoms with van der Waals surface area (Å²) < 4.78 is 40.9. The van der Waals surface area contributed by atoms with Crippen LogP contribution in [0.4, 0.5) is 11.5 Å². The molecule has 1 fully saturated rings. The highest BCUT2D eigenvalue weighted by molar-refractivity contribution is 7.92. The lowest BCUT2D eigenvalue weighted by Crippen LogP contribution is -2.27. The Kier molecular flexibility index (Phi) is 7.18. The van der Waals surface area contributed by atoms with Crippen molar-refractivity contribution in [2.45, 2.75) is 36.9 Å². The summed E-state index contributed by atoms with van der Waals surface area (Å²) in [4.78, 5) is 8.97. The predicted octanol–water partition coefficient (Wildman–Crippen LogP) is 4.62. The Labute approximate surface area is 220 Å². The van der Waals surface area contributed by atoms with E-state index >= 15 is 0 Å². The van der Waals surface area contributed by atoms with Gasteiger partial charge in [-0.25, -0.2) is 13.1 Å². The highest BCUT2D eigenvalue weighted by Crippen LogP contribution is 2.32. The monoisotopic (exact) mass is 542 g/mol. The molecule has 12 heteroatoms. The van der Waals surface area contributed by atoms with E-state index in [0.29, 0.717) is 40.5 Å². The summed E-state index contributed by atoms with van der Waals surface area (Å²) in [6, 6.07) is 13.5. The number of hydrogen-bond acceptors (Lipinski definition) is 8. The molecule has 2 aromatic heterocycles. The molecular formula is C25H27ClN6O4S. The number of hydrogen-bond donors (Lipinski definition) is 1. The Morgan fingerprint density at radius 2 is 2.00 bits per heavy atom. The Morgan fingerprint density at radius 3 is 2.73 bits per heavy atom. The summed E-state index contributed by atoms with van der Waals surface area (Å²) in [7, 11) is -0.686.